The first-order valence-corrected chi connectivity index (χ1v) is 13.2. The standard InChI is InChI=1S/C24H32N4O4S/c29-23(26-18-20(21-11-9-17-32-21)28-15-7-2-8-16-28)13-3-1-6-14-25-24-19-10-4-5-12-22(19)33(30,31)27-24/h4-5,9-12,17,20H,1-3,6-8,13-16,18H2,(H,25,27)(H,26,29). The van der Waals surface area contributed by atoms with Crippen LogP contribution in [-0.2, 0) is 14.8 Å². The van der Waals surface area contributed by atoms with Gasteiger partial charge in [-0.1, -0.05) is 25.0 Å². The first-order chi connectivity index (χ1) is 16.0. The average Bonchev–Trinajstić information content (AvgIpc) is 3.44. The summed E-state index contributed by atoms with van der Waals surface area (Å²) >= 11 is 0. The summed E-state index contributed by atoms with van der Waals surface area (Å²) < 4.78 is 32.4. The van der Waals surface area contributed by atoms with Gasteiger partial charge in [-0.2, -0.15) is 0 Å². The van der Waals surface area contributed by atoms with Crippen LogP contribution < -0.4 is 10.0 Å². The molecule has 1 saturated heterocycles. The van der Waals surface area contributed by atoms with Crippen molar-refractivity contribution in [3.8, 4) is 0 Å². The van der Waals surface area contributed by atoms with Gasteiger partial charge in [-0.3, -0.25) is 19.4 Å². The number of hydrogen-bond acceptors (Lipinski definition) is 6. The van der Waals surface area contributed by atoms with E-state index in [9.17, 15) is 13.2 Å². The molecule has 1 unspecified atom stereocenters. The van der Waals surface area contributed by atoms with Crippen molar-refractivity contribution >= 4 is 21.8 Å². The Balaban J connectivity index is 1.18. The van der Waals surface area contributed by atoms with E-state index in [-0.39, 0.29) is 16.8 Å². The SMILES string of the molecule is O=C(CCCCCN=C1NS(=O)(=O)c2ccccc21)NCC(c1ccco1)N1CCCCC1. The van der Waals surface area contributed by atoms with Gasteiger partial charge in [0.05, 0.1) is 17.2 Å². The molecule has 9 heteroatoms. The molecule has 1 amide bonds. The fraction of sp³-hybridized carbons (Fsp3) is 0.500. The summed E-state index contributed by atoms with van der Waals surface area (Å²) in [4.78, 5) is 19.5. The lowest BCUT2D eigenvalue weighted by atomic mass is 10.1. The molecule has 0 aliphatic carbocycles. The van der Waals surface area contributed by atoms with E-state index in [1.165, 1.54) is 19.3 Å². The molecule has 3 heterocycles. The molecule has 0 radical (unpaired) electrons. The summed E-state index contributed by atoms with van der Waals surface area (Å²) in [6, 6.07) is 10.8. The Hall–Kier alpha value is -2.65. The quantitative estimate of drug-likeness (QED) is 0.517. The Labute approximate surface area is 195 Å². The van der Waals surface area contributed by atoms with Crippen LogP contribution in [-0.4, -0.2) is 51.2 Å². The highest BCUT2D eigenvalue weighted by molar-refractivity contribution is 7.90. The van der Waals surface area contributed by atoms with Gasteiger partial charge in [-0.15, -0.1) is 0 Å². The minimum atomic E-state index is -3.50. The number of hydrogen-bond donors (Lipinski definition) is 2. The molecule has 2 aliphatic rings. The number of benzene rings is 1. The van der Waals surface area contributed by atoms with E-state index in [0.29, 0.717) is 30.9 Å². The number of nitrogens with zero attached hydrogens (tertiary/aromatic N) is 2. The fourth-order valence-electron chi connectivity index (χ4n) is 4.44. The minimum absolute atomic E-state index is 0.0485. The number of sulfonamides is 1. The van der Waals surface area contributed by atoms with Crippen LogP contribution in [0, 0.1) is 0 Å². The number of likely N-dealkylation sites (tertiary alicyclic amines) is 1. The molecule has 4 rings (SSSR count). The Bertz CT molecular complexity index is 1060. The lowest BCUT2D eigenvalue weighted by Gasteiger charge is -2.33. The topological polar surface area (TPSA) is 104 Å². The second-order valence-corrected chi connectivity index (χ2v) is 10.2. The zero-order valence-corrected chi connectivity index (χ0v) is 19.6. The van der Waals surface area contributed by atoms with Gasteiger partial charge >= 0.3 is 0 Å². The normalized spacial score (nSPS) is 19.7. The number of amides is 1. The molecule has 8 nitrogen and oxygen atoms in total. The summed E-state index contributed by atoms with van der Waals surface area (Å²) in [5.74, 6) is 1.36. The maximum Gasteiger partial charge on any atom is 0.263 e. The summed E-state index contributed by atoms with van der Waals surface area (Å²) in [5, 5.41) is 3.08. The van der Waals surface area contributed by atoms with Gasteiger partial charge in [0.2, 0.25) is 5.91 Å². The van der Waals surface area contributed by atoms with Gasteiger partial charge in [0.25, 0.3) is 10.0 Å². The van der Waals surface area contributed by atoms with Crippen molar-refractivity contribution in [2.45, 2.75) is 55.9 Å². The van der Waals surface area contributed by atoms with Crippen LogP contribution >= 0.6 is 0 Å². The number of fused-ring (bicyclic) bond motifs is 1. The number of carbonyl (C=O) groups excluding carboxylic acids is 1. The van der Waals surface area contributed by atoms with Gasteiger partial charge < -0.3 is 9.73 Å². The van der Waals surface area contributed by atoms with Gasteiger partial charge in [0, 0.05) is 25.1 Å². The predicted octanol–water partition coefficient (Wildman–Crippen LogP) is 3.22. The van der Waals surface area contributed by atoms with Gasteiger partial charge in [-0.25, -0.2) is 8.42 Å². The first kappa shape index (κ1) is 23.5. The van der Waals surface area contributed by atoms with Crippen LogP contribution in [0.3, 0.4) is 0 Å². The first-order valence-electron chi connectivity index (χ1n) is 11.8. The smallest absolute Gasteiger partial charge is 0.263 e. The summed E-state index contributed by atoms with van der Waals surface area (Å²) in [6.45, 7) is 3.14. The summed E-state index contributed by atoms with van der Waals surface area (Å²) in [6.07, 6.45) is 8.20. The van der Waals surface area contributed by atoms with E-state index in [1.54, 1.807) is 30.5 Å². The summed E-state index contributed by atoms with van der Waals surface area (Å²) in [7, 11) is -3.50. The molecular weight excluding hydrogens is 440 g/mol. The van der Waals surface area contributed by atoms with E-state index in [1.807, 2.05) is 12.1 Å². The monoisotopic (exact) mass is 472 g/mol. The Morgan fingerprint density at radius 3 is 2.70 bits per heavy atom. The third-order valence-electron chi connectivity index (χ3n) is 6.19. The maximum absolute atomic E-state index is 12.4. The van der Waals surface area contributed by atoms with Gasteiger partial charge in [0.1, 0.15) is 11.6 Å². The van der Waals surface area contributed by atoms with Crippen molar-refractivity contribution < 1.29 is 17.6 Å². The summed E-state index contributed by atoms with van der Waals surface area (Å²) in [5.41, 5.74) is 0.622. The number of unbranched alkanes of at least 4 members (excludes halogenated alkanes) is 2. The van der Waals surface area contributed by atoms with E-state index in [2.05, 4.69) is 19.9 Å². The van der Waals surface area contributed by atoms with Crippen LogP contribution in [0.4, 0.5) is 0 Å². The average molecular weight is 473 g/mol. The number of aliphatic imine (C=N–C) groups is 1. The molecule has 33 heavy (non-hydrogen) atoms. The fourth-order valence-corrected chi connectivity index (χ4v) is 5.69. The van der Waals surface area contributed by atoms with E-state index in [4.69, 9.17) is 4.42 Å². The van der Waals surface area contributed by atoms with Crippen molar-refractivity contribution in [1.29, 1.82) is 0 Å². The molecule has 1 aromatic heterocycles. The van der Waals surface area contributed by atoms with Gasteiger partial charge in [0.15, 0.2) is 0 Å². The minimum Gasteiger partial charge on any atom is -0.468 e. The van der Waals surface area contributed by atoms with E-state index >= 15 is 0 Å². The lowest BCUT2D eigenvalue weighted by Crippen LogP contribution is -2.40. The number of rotatable bonds is 10. The molecule has 2 aromatic rings. The highest BCUT2D eigenvalue weighted by Gasteiger charge is 2.30. The van der Waals surface area contributed by atoms with Crippen molar-refractivity contribution in [2.75, 3.05) is 26.2 Å². The third-order valence-corrected chi connectivity index (χ3v) is 7.59. The number of carbonyl (C=O) groups is 1. The van der Waals surface area contributed by atoms with Crippen LogP contribution in [0.15, 0.2) is 57.0 Å². The predicted molar refractivity (Wildman–Crippen MR) is 127 cm³/mol. The van der Waals surface area contributed by atoms with E-state index in [0.717, 1.165) is 38.1 Å². The van der Waals surface area contributed by atoms with Crippen molar-refractivity contribution in [3.63, 3.8) is 0 Å². The molecule has 2 N–H and O–H groups in total. The van der Waals surface area contributed by atoms with Crippen molar-refractivity contribution in [3.05, 3.63) is 54.0 Å². The highest BCUT2D eigenvalue weighted by atomic mass is 32.2. The number of piperidine rings is 1. The highest BCUT2D eigenvalue weighted by Crippen LogP contribution is 2.25. The van der Waals surface area contributed by atoms with Crippen LogP contribution in [0.2, 0.25) is 0 Å². The molecule has 1 aromatic carbocycles. The molecule has 2 aliphatic heterocycles. The Morgan fingerprint density at radius 2 is 1.91 bits per heavy atom. The molecule has 1 atom stereocenters. The molecule has 1 fully saturated rings. The second kappa shape index (κ2) is 11.0. The number of nitrogens with one attached hydrogen (secondary N) is 2. The number of furan rings is 1. The van der Waals surface area contributed by atoms with E-state index < -0.39 is 10.0 Å². The Morgan fingerprint density at radius 1 is 1.09 bits per heavy atom. The Kier molecular flexibility index (Phi) is 7.82. The third kappa shape index (κ3) is 6.03. The zero-order chi connectivity index (χ0) is 23.1. The molecular formula is C24H32N4O4S. The zero-order valence-electron chi connectivity index (χ0n) is 18.8. The van der Waals surface area contributed by atoms with Crippen LogP contribution in [0.25, 0.3) is 0 Å². The molecule has 0 bridgehead atoms. The van der Waals surface area contributed by atoms with Crippen LogP contribution in [0.1, 0.15) is 62.3 Å². The van der Waals surface area contributed by atoms with Crippen molar-refractivity contribution in [1.82, 2.24) is 14.9 Å². The molecule has 0 spiro atoms. The number of amidine groups is 1. The lowest BCUT2D eigenvalue weighted by molar-refractivity contribution is -0.121. The second-order valence-electron chi connectivity index (χ2n) is 8.57. The maximum atomic E-state index is 12.4. The molecule has 0 saturated carbocycles. The molecule has 178 valence electrons. The van der Waals surface area contributed by atoms with Crippen LogP contribution in [0.5, 0.6) is 0 Å². The largest absolute Gasteiger partial charge is 0.468 e. The van der Waals surface area contributed by atoms with Gasteiger partial charge in [-0.05, 0) is 63.0 Å². The van der Waals surface area contributed by atoms with Crippen molar-refractivity contribution in [2.24, 2.45) is 4.99 Å².